The van der Waals surface area contributed by atoms with E-state index in [-0.39, 0.29) is 18.1 Å². The lowest BCUT2D eigenvalue weighted by molar-refractivity contribution is -0.120. The molecule has 0 saturated carbocycles. The quantitative estimate of drug-likeness (QED) is 0.794. The molecule has 0 aromatic heterocycles. The van der Waals surface area contributed by atoms with E-state index in [1.165, 1.54) is 5.56 Å². The third kappa shape index (κ3) is 5.32. The van der Waals surface area contributed by atoms with E-state index in [1.807, 2.05) is 24.3 Å². The molecule has 0 spiro atoms. The summed E-state index contributed by atoms with van der Waals surface area (Å²) < 4.78 is 17.0. The fourth-order valence-corrected chi connectivity index (χ4v) is 4.18. The number of fused-ring (bicyclic) bond motifs is 1. The second-order valence-corrected chi connectivity index (χ2v) is 8.15. The fraction of sp³-hybridized carbons (Fsp3) is 0.458. The van der Waals surface area contributed by atoms with Gasteiger partial charge in [-0.1, -0.05) is 30.3 Å². The normalized spacial score (nSPS) is 21.3. The van der Waals surface area contributed by atoms with E-state index >= 15 is 0 Å². The fourth-order valence-electron chi connectivity index (χ4n) is 4.18. The molecule has 2 heterocycles. The van der Waals surface area contributed by atoms with Crippen LogP contribution in [0.1, 0.15) is 30.5 Å². The van der Waals surface area contributed by atoms with E-state index in [2.05, 4.69) is 42.3 Å². The molecule has 0 radical (unpaired) electrons. The number of amides is 1. The Labute approximate surface area is 178 Å². The zero-order valence-electron chi connectivity index (χ0n) is 17.7. The van der Waals surface area contributed by atoms with Crippen molar-refractivity contribution in [3.8, 4) is 11.5 Å². The van der Waals surface area contributed by atoms with Crippen LogP contribution in [0.2, 0.25) is 0 Å². The molecule has 0 bridgehead atoms. The van der Waals surface area contributed by atoms with E-state index < -0.39 is 0 Å². The van der Waals surface area contributed by atoms with Gasteiger partial charge in [0.1, 0.15) is 13.2 Å². The molecule has 30 heavy (non-hydrogen) atoms. The predicted molar refractivity (Wildman–Crippen MR) is 115 cm³/mol. The number of hydrogen-bond acceptors (Lipinski definition) is 5. The van der Waals surface area contributed by atoms with Gasteiger partial charge in [-0.05, 0) is 42.7 Å². The Hall–Kier alpha value is -2.57. The van der Waals surface area contributed by atoms with Crippen LogP contribution in [-0.4, -0.2) is 49.3 Å². The maximum atomic E-state index is 12.5. The van der Waals surface area contributed by atoms with Crippen LogP contribution in [0.5, 0.6) is 11.5 Å². The zero-order valence-corrected chi connectivity index (χ0v) is 17.7. The average molecular weight is 411 g/mol. The Morgan fingerprint density at radius 1 is 1.00 bits per heavy atom. The van der Waals surface area contributed by atoms with Crippen molar-refractivity contribution in [2.45, 2.75) is 45.6 Å². The topological polar surface area (TPSA) is 60.0 Å². The Kier molecular flexibility index (Phi) is 6.55. The summed E-state index contributed by atoms with van der Waals surface area (Å²) in [6, 6.07) is 14.0. The molecule has 0 unspecified atom stereocenters. The van der Waals surface area contributed by atoms with Crippen molar-refractivity contribution < 1.29 is 19.0 Å². The predicted octanol–water partition coefficient (Wildman–Crippen LogP) is 2.93. The second-order valence-electron chi connectivity index (χ2n) is 8.15. The lowest BCUT2D eigenvalue weighted by Crippen LogP contribution is -2.45. The maximum Gasteiger partial charge on any atom is 0.224 e. The van der Waals surface area contributed by atoms with Crippen LogP contribution in [0.4, 0.5) is 0 Å². The second kappa shape index (κ2) is 9.49. The third-order valence-corrected chi connectivity index (χ3v) is 5.45. The average Bonchev–Trinajstić information content (AvgIpc) is 2.72. The third-order valence-electron chi connectivity index (χ3n) is 5.45. The molecular formula is C24H30N2O4. The molecule has 1 saturated heterocycles. The van der Waals surface area contributed by atoms with E-state index in [1.54, 1.807) is 0 Å². The van der Waals surface area contributed by atoms with Gasteiger partial charge in [0.25, 0.3) is 0 Å². The van der Waals surface area contributed by atoms with Gasteiger partial charge in [-0.15, -0.1) is 0 Å². The Bertz CT molecular complexity index is 875. The summed E-state index contributed by atoms with van der Waals surface area (Å²) in [5.74, 6) is 1.45. The van der Waals surface area contributed by atoms with Crippen molar-refractivity contribution in [2.24, 2.45) is 0 Å². The summed E-state index contributed by atoms with van der Waals surface area (Å²) in [7, 11) is 0. The van der Waals surface area contributed by atoms with Gasteiger partial charge in [0, 0.05) is 26.2 Å². The molecule has 1 N–H and O–H groups in total. The minimum absolute atomic E-state index is 0.00454. The van der Waals surface area contributed by atoms with Crippen LogP contribution in [0, 0.1) is 0 Å². The zero-order chi connectivity index (χ0) is 20.9. The van der Waals surface area contributed by atoms with Gasteiger partial charge < -0.3 is 19.5 Å². The first kappa shape index (κ1) is 20.7. The molecule has 6 nitrogen and oxygen atoms in total. The lowest BCUT2D eigenvalue weighted by atomic mass is 10.1. The van der Waals surface area contributed by atoms with Crippen LogP contribution in [0.3, 0.4) is 0 Å². The molecule has 6 heteroatoms. The number of carbonyl (C=O) groups is 1. The number of morpholine rings is 1. The molecule has 4 rings (SSSR count). The minimum atomic E-state index is -0.00454. The molecule has 2 aliphatic heterocycles. The maximum absolute atomic E-state index is 12.5. The van der Waals surface area contributed by atoms with E-state index in [0.717, 1.165) is 36.5 Å². The highest BCUT2D eigenvalue weighted by Gasteiger charge is 2.22. The van der Waals surface area contributed by atoms with Gasteiger partial charge in [0.05, 0.1) is 18.6 Å². The molecule has 160 valence electrons. The number of ether oxygens (including phenoxy) is 3. The van der Waals surface area contributed by atoms with Crippen LogP contribution >= 0.6 is 0 Å². The summed E-state index contributed by atoms with van der Waals surface area (Å²) in [6.07, 6.45) is 0.801. The molecule has 1 amide bonds. The largest absolute Gasteiger partial charge is 0.486 e. The van der Waals surface area contributed by atoms with Crippen LogP contribution in [-0.2, 0) is 29.0 Å². The van der Waals surface area contributed by atoms with E-state index in [4.69, 9.17) is 14.2 Å². The highest BCUT2D eigenvalue weighted by molar-refractivity contribution is 5.78. The highest BCUT2D eigenvalue weighted by Crippen LogP contribution is 2.30. The van der Waals surface area contributed by atoms with Crippen molar-refractivity contribution in [2.75, 3.05) is 26.3 Å². The van der Waals surface area contributed by atoms with Crippen LogP contribution < -0.4 is 14.8 Å². The first-order chi connectivity index (χ1) is 14.6. The monoisotopic (exact) mass is 410 g/mol. The van der Waals surface area contributed by atoms with Crippen LogP contribution in [0.25, 0.3) is 0 Å². The summed E-state index contributed by atoms with van der Waals surface area (Å²) in [6.45, 7) is 8.58. The molecule has 2 atom stereocenters. The van der Waals surface area contributed by atoms with Crippen LogP contribution in [0.15, 0.2) is 42.5 Å². The Morgan fingerprint density at radius 3 is 2.47 bits per heavy atom. The van der Waals surface area contributed by atoms with Gasteiger partial charge in [-0.3, -0.25) is 9.69 Å². The van der Waals surface area contributed by atoms with Gasteiger partial charge in [-0.2, -0.15) is 0 Å². The Balaban J connectivity index is 1.34. The lowest BCUT2D eigenvalue weighted by Gasteiger charge is -2.35. The number of nitrogens with one attached hydrogen (secondary N) is 1. The summed E-state index contributed by atoms with van der Waals surface area (Å²) in [5, 5.41) is 3.07. The molecule has 0 aliphatic carbocycles. The van der Waals surface area contributed by atoms with E-state index in [9.17, 15) is 4.79 Å². The van der Waals surface area contributed by atoms with Crippen molar-refractivity contribution in [3.05, 3.63) is 59.2 Å². The van der Waals surface area contributed by atoms with E-state index in [0.29, 0.717) is 31.9 Å². The Morgan fingerprint density at radius 2 is 1.70 bits per heavy atom. The smallest absolute Gasteiger partial charge is 0.224 e. The minimum Gasteiger partial charge on any atom is -0.486 e. The molecule has 1 fully saturated rings. The number of nitrogens with zero attached hydrogens (tertiary/aromatic N) is 1. The summed E-state index contributed by atoms with van der Waals surface area (Å²) in [5.41, 5.74) is 3.32. The number of hydrogen-bond donors (Lipinski definition) is 1. The first-order valence-corrected chi connectivity index (χ1v) is 10.7. The molecule has 2 aliphatic rings. The van der Waals surface area contributed by atoms with Crippen molar-refractivity contribution in [1.82, 2.24) is 10.2 Å². The van der Waals surface area contributed by atoms with Crippen molar-refractivity contribution >= 4 is 5.91 Å². The standard InChI is InChI=1S/C24H30N2O4/c1-17-14-26(15-18(2)30-17)16-21-6-4-3-5-20(21)13-25-24(27)12-19-7-8-22-23(11-19)29-10-9-28-22/h3-8,11,17-18H,9-10,12-16H2,1-2H3,(H,25,27)/t17-,18-/m1/s1. The van der Waals surface area contributed by atoms with Gasteiger partial charge in [0.15, 0.2) is 11.5 Å². The SMILES string of the molecule is C[C@@H]1CN(Cc2ccccc2CNC(=O)Cc2ccc3c(c2)OCCO3)C[C@@H](C)O1. The number of carbonyl (C=O) groups excluding carboxylic acids is 1. The molecule has 2 aromatic rings. The number of rotatable bonds is 6. The number of benzene rings is 2. The van der Waals surface area contributed by atoms with Crippen molar-refractivity contribution in [3.63, 3.8) is 0 Å². The first-order valence-electron chi connectivity index (χ1n) is 10.7. The summed E-state index contributed by atoms with van der Waals surface area (Å²) >= 11 is 0. The van der Waals surface area contributed by atoms with Gasteiger partial charge in [0.2, 0.25) is 5.91 Å². The van der Waals surface area contributed by atoms with Gasteiger partial charge >= 0.3 is 0 Å². The summed E-state index contributed by atoms with van der Waals surface area (Å²) in [4.78, 5) is 15.0. The highest BCUT2D eigenvalue weighted by atomic mass is 16.6. The van der Waals surface area contributed by atoms with Gasteiger partial charge in [-0.25, -0.2) is 0 Å². The van der Waals surface area contributed by atoms with Crippen molar-refractivity contribution in [1.29, 1.82) is 0 Å². The molecular weight excluding hydrogens is 380 g/mol. The molecule has 2 aromatic carbocycles.